The van der Waals surface area contributed by atoms with E-state index in [2.05, 4.69) is 33.0 Å². The number of carbonyl (C=O) groups excluding carboxylic acids is 3. The molecule has 13 heteroatoms. The molecule has 5 aliphatic rings. The van der Waals surface area contributed by atoms with Crippen LogP contribution < -0.4 is 24.8 Å². The average molecular weight is 736 g/mol. The molecule has 3 N–H and O–H groups in total. The van der Waals surface area contributed by atoms with E-state index in [0.29, 0.717) is 25.3 Å². The molecule has 282 valence electrons. The van der Waals surface area contributed by atoms with E-state index < -0.39 is 56.7 Å². The van der Waals surface area contributed by atoms with Crippen LogP contribution in [-0.4, -0.2) is 85.2 Å². The number of aryl methyl sites for hydroxylation is 1. The first-order chi connectivity index (χ1) is 25.1. The van der Waals surface area contributed by atoms with Gasteiger partial charge in [0.15, 0.2) is 0 Å². The van der Waals surface area contributed by atoms with Gasteiger partial charge in [-0.15, -0.1) is 6.58 Å². The Labute approximate surface area is 306 Å². The van der Waals surface area contributed by atoms with Gasteiger partial charge >= 0.3 is 0 Å². The topological polar surface area (TPSA) is 156 Å². The standard InChI is InChI=1S/C39H53N5O7S/c1-3-28-23-39(28,38(47)43-52(48,49)30-15-16-30)42-35(45)32-22-29-24-44(32)37(46)34(25-12-9-7-10-13-25)40-18-11-6-4-5-8-14-27-20-31-26(21-33(27)50-2)17-19-41-36(31)51-29/h3,17,19-21,25,28-30,32,34,40H,1,4-16,18,22-24H2,2H3,(H,42,45)(H,43,47)/t28?,29-,32?,34+,39-/m1/s1. The molecule has 4 fully saturated rings. The Hall–Kier alpha value is -3.71. The van der Waals surface area contributed by atoms with Crippen LogP contribution in [0.5, 0.6) is 11.6 Å². The molecule has 4 bridgehead atoms. The first-order valence-corrected chi connectivity index (χ1v) is 20.8. The Balaban J connectivity index is 1.20. The Bertz CT molecular complexity index is 1790. The summed E-state index contributed by atoms with van der Waals surface area (Å²) in [5, 5.41) is 7.71. The van der Waals surface area contributed by atoms with Crippen molar-refractivity contribution in [3.8, 4) is 11.6 Å². The molecule has 5 atom stereocenters. The highest BCUT2D eigenvalue weighted by atomic mass is 32.2. The highest BCUT2D eigenvalue weighted by molar-refractivity contribution is 7.91. The molecule has 2 unspecified atom stereocenters. The third-order valence-corrected chi connectivity index (χ3v) is 13.7. The van der Waals surface area contributed by atoms with Crippen molar-refractivity contribution >= 4 is 38.5 Å². The zero-order valence-electron chi connectivity index (χ0n) is 30.2. The van der Waals surface area contributed by atoms with Crippen molar-refractivity contribution in [2.24, 2.45) is 11.8 Å². The quantitative estimate of drug-likeness (QED) is 0.337. The molecule has 7 rings (SSSR count). The maximum absolute atomic E-state index is 14.7. The van der Waals surface area contributed by atoms with Crippen LogP contribution in [0.15, 0.2) is 37.1 Å². The van der Waals surface area contributed by atoms with Crippen LogP contribution in [0.1, 0.15) is 95.5 Å². The minimum Gasteiger partial charge on any atom is -0.496 e. The average Bonchev–Trinajstić information content (AvgIpc) is 4.07. The Morgan fingerprint density at radius 2 is 1.83 bits per heavy atom. The number of amides is 3. The van der Waals surface area contributed by atoms with Crippen LogP contribution >= 0.6 is 0 Å². The predicted molar refractivity (Wildman–Crippen MR) is 197 cm³/mol. The monoisotopic (exact) mass is 735 g/mol. The number of rotatable bonds is 8. The summed E-state index contributed by atoms with van der Waals surface area (Å²) in [6.45, 7) is 4.71. The number of nitrogens with one attached hydrogen (secondary N) is 3. The second-order valence-electron chi connectivity index (χ2n) is 15.5. The Morgan fingerprint density at radius 3 is 2.56 bits per heavy atom. The number of methoxy groups -OCH3 is 1. The van der Waals surface area contributed by atoms with Gasteiger partial charge in [0.2, 0.25) is 27.7 Å². The molecule has 3 aliphatic carbocycles. The highest BCUT2D eigenvalue weighted by Crippen LogP contribution is 2.46. The van der Waals surface area contributed by atoms with Gasteiger partial charge in [0, 0.05) is 23.9 Å². The highest BCUT2D eigenvalue weighted by Gasteiger charge is 2.62. The van der Waals surface area contributed by atoms with Gasteiger partial charge in [-0.05, 0) is 93.0 Å². The summed E-state index contributed by atoms with van der Waals surface area (Å²) in [6.07, 6.45) is 15.4. The molecule has 0 spiro atoms. The second kappa shape index (κ2) is 15.3. The maximum atomic E-state index is 14.7. The molecular formula is C39H53N5O7S. The van der Waals surface area contributed by atoms with Crippen LogP contribution in [0, 0.1) is 11.8 Å². The molecule has 12 nitrogen and oxygen atoms in total. The first kappa shape index (κ1) is 36.6. The fourth-order valence-electron chi connectivity index (χ4n) is 8.58. The third-order valence-electron chi connectivity index (χ3n) is 11.9. The molecule has 1 aromatic heterocycles. The lowest BCUT2D eigenvalue weighted by atomic mass is 9.83. The summed E-state index contributed by atoms with van der Waals surface area (Å²) in [6, 6.07) is 4.64. The van der Waals surface area contributed by atoms with Gasteiger partial charge in [-0.25, -0.2) is 13.4 Å². The largest absolute Gasteiger partial charge is 0.496 e. The van der Waals surface area contributed by atoms with Gasteiger partial charge < -0.3 is 25.0 Å². The van der Waals surface area contributed by atoms with E-state index >= 15 is 0 Å². The van der Waals surface area contributed by atoms with E-state index in [-0.39, 0.29) is 31.2 Å². The van der Waals surface area contributed by atoms with E-state index in [1.54, 1.807) is 24.3 Å². The first-order valence-electron chi connectivity index (χ1n) is 19.3. The van der Waals surface area contributed by atoms with Crippen LogP contribution in [-0.2, 0) is 30.8 Å². The Morgan fingerprint density at radius 1 is 1.08 bits per heavy atom. The van der Waals surface area contributed by atoms with Crippen LogP contribution in [0.25, 0.3) is 10.8 Å². The van der Waals surface area contributed by atoms with Crippen molar-refractivity contribution in [3.63, 3.8) is 0 Å². The molecular weight excluding hydrogens is 683 g/mol. The number of pyridine rings is 1. The van der Waals surface area contributed by atoms with Crippen molar-refractivity contribution < 1.29 is 32.3 Å². The zero-order valence-corrected chi connectivity index (χ0v) is 31.1. The molecule has 2 aliphatic heterocycles. The summed E-state index contributed by atoms with van der Waals surface area (Å²) in [7, 11) is -2.15. The SMILES string of the molecule is C=CC1C[C@]1(NC(=O)C1C[C@@H]2CN1C(=O)[C@H](C1CCCCC1)NCCCCCCCc1cc3c(nccc3cc1OC)O2)C(=O)NS(=O)(=O)C1CC1. The van der Waals surface area contributed by atoms with Crippen molar-refractivity contribution in [1.29, 1.82) is 0 Å². The van der Waals surface area contributed by atoms with Gasteiger partial charge in [0.1, 0.15) is 23.4 Å². The van der Waals surface area contributed by atoms with Gasteiger partial charge in [-0.3, -0.25) is 19.1 Å². The molecule has 3 saturated carbocycles. The molecule has 3 amide bonds. The van der Waals surface area contributed by atoms with Gasteiger partial charge in [0.05, 0.1) is 24.9 Å². The fraction of sp³-hybridized carbons (Fsp3) is 0.641. The normalized spacial score (nSPS) is 29.1. The smallest absolute Gasteiger partial charge is 0.259 e. The molecule has 0 radical (unpaired) electrons. The number of hydrogen-bond acceptors (Lipinski definition) is 9. The minimum atomic E-state index is -3.84. The summed E-state index contributed by atoms with van der Waals surface area (Å²) in [5.41, 5.74) is -0.367. The zero-order chi connectivity index (χ0) is 36.5. The number of hydrogen-bond donors (Lipinski definition) is 3. The predicted octanol–water partition coefficient (Wildman–Crippen LogP) is 4.31. The Kier molecular flexibility index (Phi) is 10.8. The van der Waals surface area contributed by atoms with Gasteiger partial charge in [-0.2, -0.15) is 0 Å². The van der Waals surface area contributed by atoms with Crippen LogP contribution in [0.2, 0.25) is 0 Å². The van der Waals surface area contributed by atoms with Crippen molar-refractivity contribution in [2.45, 2.75) is 125 Å². The van der Waals surface area contributed by atoms with E-state index in [0.717, 1.165) is 92.7 Å². The molecule has 2 aromatic rings. The van der Waals surface area contributed by atoms with Gasteiger partial charge in [0.25, 0.3) is 5.91 Å². The summed E-state index contributed by atoms with van der Waals surface area (Å²) < 4.78 is 40.1. The lowest BCUT2D eigenvalue weighted by molar-refractivity contribution is -0.142. The number of aromatic nitrogens is 1. The van der Waals surface area contributed by atoms with E-state index in [1.165, 1.54) is 0 Å². The van der Waals surface area contributed by atoms with E-state index in [4.69, 9.17) is 9.47 Å². The number of sulfonamides is 1. The molecule has 3 heterocycles. The third kappa shape index (κ3) is 7.67. The van der Waals surface area contributed by atoms with Crippen molar-refractivity contribution in [2.75, 3.05) is 20.2 Å². The number of fused-ring (bicyclic) bond motifs is 3. The lowest BCUT2D eigenvalue weighted by Gasteiger charge is -2.35. The second-order valence-corrected chi connectivity index (χ2v) is 17.5. The number of carbonyl (C=O) groups is 3. The molecule has 1 aromatic carbocycles. The summed E-state index contributed by atoms with van der Waals surface area (Å²) in [5.74, 6) is -0.426. The number of ether oxygens (including phenoxy) is 2. The molecule has 52 heavy (non-hydrogen) atoms. The van der Waals surface area contributed by atoms with E-state index in [9.17, 15) is 22.8 Å². The number of benzene rings is 1. The molecule has 1 saturated heterocycles. The maximum Gasteiger partial charge on any atom is 0.259 e. The summed E-state index contributed by atoms with van der Waals surface area (Å²) in [4.78, 5) is 48.9. The lowest BCUT2D eigenvalue weighted by Crippen LogP contribution is -2.59. The van der Waals surface area contributed by atoms with Gasteiger partial charge in [-0.1, -0.05) is 44.6 Å². The fourth-order valence-corrected chi connectivity index (χ4v) is 9.94. The van der Waals surface area contributed by atoms with Crippen LogP contribution in [0.4, 0.5) is 0 Å². The number of nitrogens with zero attached hydrogens (tertiary/aromatic N) is 2. The van der Waals surface area contributed by atoms with Crippen LogP contribution in [0.3, 0.4) is 0 Å². The van der Waals surface area contributed by atoms with E-state index in [1.807, 2.05) is 12.1 Å². The minimum absolute atomic E-state index is 0.136. The summed E-state index contributed by atoms with van der Waals surface area (Å²) >= 11 is 0. The van der Waals surface area contributed by atoms with Crippen molar-refractivity contribution in [1.82, 2.24) is 25.2 Å². The van der Waals surface area contributed by atoms with Crippen molar-refractivity contribution in [3.05, 3.63) is 42.6 Å².